The van der Waals surface area contributed by atoms with E-state index in [-0.39, 0.29) is 5.88 Å². The Kier molecular flexibility index (Phi) is 3.93. The third-order valence-electron chi connectivity index (χ3n) is 3.69. The van der Waals surface area contributed by atoms with Gasteiger partial charge in [0.1, 0.15) is 17.2 Å². The minimum Gasteiger partial charge on any atom is -0.497 e. The summed E-state index contributed by atoms with van der Waals surface area (Å²) in [6.45, 7) is 2.01. The maximum Gasteiger partial charge on any atom is 0.198 e. The normalized spacial score (nSPS) is 11.3. The summed E-state index contributed by atoms with van der Waals surface area (Å²) in [4.78, 5) is 7.41. The first-order valence-electron chi connectivity index (χ1n) is 7.19. The zero-order chi connectivity index (χ0) is 16.4. The average molecular weight is 310 g/mol. The summed E-state index contributed by atoms with van der Waals surface area (Å²) < 4.78 is 10.5. The first-order valence-corrected chi connectivity index (χ1v) is 7.19. The van der Waals surface area contributed by atoms with Gasteiger partial charge in [-0.2, -0.15) is 0 Å². The fourth-order valence-electron chi connectivity index (χ4n) is 2.48. The molecule has 0 aliphatic rings. The van der Waals surface area contributed by atoms with Gasteiger partial charge in [-0.25, -0.2) is 0 Å². The van der Waals surface area contributed by atoms with Gasteiger partial charge in [-0.1, -0.05) is 12.1 Å². The van der Waals surface area contributed by atoms with Crippen LogP contribution in [0.1, 0.15) is 11.1 Å². The summed E-state index contributed by atoms with van der Waals surface area (Å²) in [7, 11) is 3.18. The Bertz CT molecular complexity index is 881. The molecule has 0 aliphatic carbocycles. The number of hydrogen-bond donors (Lipinski definition) is 2. The Balaban J connectivity index is 2.02. The fraction of sp³-hybridized carbons (Fsp3) is 0.167. The van der Waals surface area contributed by atoms with E-state index >= 15 is 0 Å². The van der Waals surface area contributed by atoms with Gasteiger partial charge < -0.3 is 19.6 Å². The summed E-state index contributed by atoms with van der Waals surface area (Å²) in [6, 6.07) is 11.3. The Labute approximate surface area is 134 Å². The van der Waals surface area contributed by atoms with E-state index in [1.807, 2.05) is 37.3 Å². The average Bonchev–Trinajstić information content (AvgIpc) is 2.87. The van der Waals surface area contributed by atoms with Crippen LogP contribution in [0.4, 0.5) is 5.69 Å². The van der Waals surface area contributed by atoms with Crippen molar-refractivity contribution in [3.05, 3.63) is 47.5 Å². The molecule has 0 amide bonds. The molecule has 0 fully saturated rings. The molecule has 0 atom stereocenters. The Hall–Kier alpha value is -2.95. The highest BCUT2D eigenvalue weighted by Gasteiger charge is 2.09. The first kappa shape index (κ1) is 15.0. The smallest absolute Gasteiger partial charge is 0.198 e. The number of benzene rings is 2. The second-order valence-corrected chi connectivity index (χ2v) is 5.23. The SMILES string of the molecule is COc1ccc(N=Cc2c(O)[nH]c3cc(C)ccc23)c(OC)c1. The summed E-state index contributed by atoms with van der Waals surface area (Å²) in [5.41, 5.74) is 3.32. The van der Waals surface area contributed by atoms with Crippen molar-refractivity contribution < 1.29 is 14.6 Å². The molecule has 0 radical (unpaired) electrons. The molecule has 5 nitrogen and oxygen atoms in total. The maximum absolute atomic E-state index is 10.1. The van der Waals surface area contributed by atoms with Gasteiger partial charge in [0.2, 0.25) is 0 Å². The highest BCUT2D eigenvalue weighted by molar-refractivity contribution is 6.02. The van der Waals surface area contributed by atoms with E-state index < -0.39 is 0 Å². The third kappa shape index (κ3) is 2.85. The number of nitrogens with one attached hydrogen (secondary N) is 1. The number of aromatic nitrogens is 1. The summed E-state index contributed by atoms with van der Waals surface area (Å²) >= 11 is 0. The molecule has 3 rings (SSSR count). The van der Waals surface area contributed by atoms with Crippen LogP contribution in [0.5, 0.6) is 17.4 Å². The van der Waals surface area contributed by atoms with Gasteiger partial charge in [-0.3, -0.25) is 4.99 Å². The van der Waals surface area contributed by atoms with E-state index in [1.54, 1.807) is 26.5 Å². The van der Waals surface area contributed by atoms with Crippen LogP contribution >= 0.6 is 0 Å². The predicted molar refractivity (Wildman–Crippen MR) is 91.5 cm³/mol. The predicted octanol–water partition coefficient (Wildman–Crippen LogP) is 3.95. The molecular formula is C18H18N2O3. The van der Waals surface area contributed by atoms with Crippen molar-refractivity contribution in [1.29, 1.82) is 0 Å². The van der Waals surface area contributed by atoms with Crippen molar-refractivity contribution in [2.45, 2.75) is 6.92 Å². The zero-order valence-electron chi connectivity index (χ0n) is 13.3. The third-order valence-corrected chi connectivity index (χ3v) is 3.69. The topological polar surface area (TPSA) is 66.8 Å². The van der Waals surface area contributed by atoms with Gasteiger partial charge in [0.15, 0.2) is 5.88 Å². The number of aromatic amines is 1. The van der Waals surface area contributed by atoms with E-state index in [4.69, 9.17) is 9.47 Å². The van der Waals surface area contributed by atoms with E-state index in [0.29, 0.717) is 22.7 Å². The number of hydrogen-bond acceptors (Lipinski definition) is 4. The lowest BCUT2D eigenvalue weighted by atomic mass is 10.1. The summed E-state index contributed by atoms with van der Waals surface area (Å²) in [6.07, 6.45) is 1.63. The first-order chi connectivity index (χ1) is 11.1. The Morgan fingerprint density at radius 2 is 1.91 bits per heavy atom. The molecule has 0 aliphatic heterocycles. The number of ether oxygens (including phenoxy) is 2. The Morgan fingerprint density at radius 1 is 1.09 bits per heavy atom. The molecule has 118 valence electrons. The van der Waals surface area contributed by atoms with Crippen molar-refractivity contribution >= 4 is 22.8 Å². The van der Waals surface area contributed by atoms with Gasteiger partial charge in [0.25, 0.3) is 0 Å². The van der Waals surface area contributed by atoms with Gasteiger partial charge in [0.05, 0.1) is 19.8 Å². The highest BCUT2D eigenvalue weighted by Crippen LogP contribution is 2.32. The number of H-pyrrole nitrogens is 1. The van der Waals surface area contributed by atoms with Crippen LogP contribution in [0, 0.1) is 6.92 Å². The molecule has 3 aromatic rings. The summed E-state index contributed by atoms with van der Waals surface area (Å²) in [5, 5.41) is 11.0. The van der Waals surface area contributed by atoms with E-state index in [0.717, 1.165) is 16.5 Å². The quantitative estimate of drug-likeness (QED) is 0.717. The molecule has 23 heavy (non-hydrogen) atoms. The number of aliphatic imine (C=N–C) groups is 1. The van der Waals surface area contributed by atoms with Crippen molar-refractivity contribution in [3.8, 4) is 17.4 Å². The minimum atomic E-state index is 0.0989. The standard InChI is InChI=1S/C18H18N2O3/c1-11-4-6-13-14(18(21)20-16(13)8-11)10-19-15-7-5-12(22-2)9-17(15)23-3/h4-10,20-21H,1-3H3. The lowest BCUT2D eigenvalue weighted by Gasteiger charge is -2.06. The molecule has 5 heteroatoms. The van der Waals surface area contributed by atoms with Crippen LogP contribution in [-0.2, 0) is 0 Å². The highest BCUT2D eigenvalue weighted by atomic mass is 16.5. The van der Waals surface area contributed by atoms with Gasteiger partial charge in [-0.15, -0.1) is 0 Å². The van der Waals surface area contributed by atoms with E-state index in [2.05, 4.69) is 9.98 Å². The molecule has 1 aromatic heterocycles. The fourth-order valence-corrected chi connectivity index (χ4v) is 2.48. The van der Waals surface area contributed by atoms with Crippen molar-refractivity contribution in [3.63, 3.8) is 0 Å². The van der Waals surface area contributed by atoms with Crippen LogP contribution in [0.15, 0.2) is 41.4 Å². The van der Waals surface area contributed by atoms with Crippen LogP contribution in [0.2, 0.25) is 0 Å². The molecule has 1 heterocycles. The van der Waals surface area contributed by atoms with Gasteiger partial charge in [0, 0.05) is 23.2 Å². The number of nitrogens with zero attached hydrogens (tertiary/aromatic N) is 1. The summed E-state index contributed by atoms with van der Waals surface area (Å²) in [5.74, 6) is 1.41. The van der Waals surface area contributed by atoms with Crippen molar-refractivity contribution in [2.24, 2.45) is 4.99 Å². The second-order valence-electron chi connectivity index (χ2n) is 5.23. The molecule has 0 saturated heterocycles. The number of fused-ring (bicyclic) bond motifs is 1. The maximum atomic E-state index is 10.1. The van der Waals surface area contributed by atoms with E-state index in [1.165, 1.54) is 0 Å². The van der Waals surface area contributed by atoms with Gasteiger partial charge in [-0.05, 0) is 30.7 Å². The largest absolute Gasteiger partial charge is 0.497 e. The number of aryl methyl sites for hydroxylation is 1. The van der Waals surface area contributed by atoms with Crippen molar-refractivity contribution in [2.75, 3.05) is 14.2 Å². The molecule has 2 N–H and O–H groups in total. The van der Waals surface area contributed by atoms with Crippen LogP contribution < -0.4 is 9.47 Å². The van der Waals surface area contributed by atoms with Crippen molar-refractivity contribution in [1.82, 2.24) is 4.98 Å². The monoisotopic (exact) mass is 310 g/mol. The molecule has 0 unspecified atom stereocenters. The number of aromatic hydroxyl groups is 1. The number of methoxy groups -OCH3 is 2. The lowest BCUT2D eigenvalue weighted by Crippen LogP contribution is -1.87. The second kappa shape index (κ2) is 6.04. The molecule has 0 spiro atoms. The molecular weight excluding hydrogens is 292 g/mol. The van der Waals surface area contributed by atoms with Crippen LogP contribution in [0.25, 0.3) is 10.9 Å². The van der Waals surface area contributed by atoms with E-state index in [9.17, 15) is 5.11 Å². The zero-order valence-corrected chi connectivity index (χ0v) is 13.3. The lowest BCUT2D eigenvalue weighted by molar-refractivity contribution is 0.395. The van der Waals surface area contributed by atoms with Crippen LogP contribution in [0.3, 0.4) is 0 Å². The Morgan fingerprint density at radius 3 is 2.65 bits per heavy atom. The minimum absolute atomic E-state index is 0.0989. The molecule has 0 bridgehead atoms. The molecule has 0 saturated carbocycles. The van der Waals surface area contributed by atoms with Crippen LogP contribution in [-0.4, -0.2) is 30.5 Å². The number of rotatable bonds is 4. The van der Waals surface area contributed by atoms with Gasteiger partial charge >= 0.3 is 0 Å². The molecule has 2 aromatic carbocycles.